The van der Waals surface area contributed by atoms with Gasteiger partial charge >= 0.3 is 5.97 Å². The number of carboxylic acid groups (broad SMARTS) is 1. The Morgan fingerprint density at radius 3 is 2.76 bits per heavy atom. The highest BCUT2D eigenvalue weighted by molar-refractivity contribution is 5.74. The van der Waals surface area contributed by atoms with Crippen LogP contribution in [0.25, 0.3) is 6.08 Å². The van der Waals surface area contributed by atoms with Crippen LogP contribution < -0.4 is 0 Å². The second-order valence-corrected chi connectivity index (χ2v) is 6.21. The van der Waals surface area contributed by atoms with E-state index in [0.717, 1.165) is 19.4 Å². The molecule has 3 atom stereocenters. The first-order valence-electron chi connectivity index (χ1n) is 7.96. The van der Waals surface area contributed by atoms with Crippen molar-refractivity contribution in [3.8, 4) is 0 Å². The molecule has 3 rings (SSSR count). The first kappa shape index (κ1) is 14.3. The van der Waals surface area contributed by atoms with E-state index in [1.165, 1.54) is 24.8 Å². The van der Waals surface area contributed by atoms with Crippen molar-refractivity contribution in [2.45, 2.75) is 44.2 Å². The van der Waals surface area contributed by atoms with Crippen LogP contribution in [0.1, 0.15) is 37.7 Å². The average molecular weight is 285 g/mol. The quantitative estimate of drug-likeness (QED) is 0.921. The minimum atomic E-state index is -0.655. The first-order chi connectivity index (χ1) is 10.3. The standard InChI is InChI=1S/C18H23NO2/c20-18(21)17-13-15-10-4-5-11-16(15)19(17)12-6-9-14-7-2-1-3-8-14/h1-3,6-9,15-17H,4-5,10-13H2,(H,20,21). The smallest absolute Gasteiger partial charge is 0.320 e. The number of hydrogen-bond donors (Lipinski definition) is 1. The highest BCUT2D eigenvalue weighted by Gasteiger charge is 2.44. The van der Waals surface area contributed by atoms with Gasteiger partial charge in [-0.1, -0.05) is 55.3 Å². The SMILES string of the molecule is O=C(O)C1CC2CCCCC2N1CC=Cc1ccccc1. The lowest BCUT2D eigenvalue weighted by Crippen LogP contribution is -2.42. The number of benzene rings is 1. The molecule has 1 saturated carbocycles. The Bertz CT molecular complexity index is 511. The van der Waals surface area contributed by atoms with Crippen molar-refractivity contribution >= 4 is 12.0 Å². The molecule has 3 unspecified atom stereocenters. The van der Waals surface area contributed by atoms with Crippen LogP contribution in [0.4, 0.5) is 0 Å². The lowest BCUT2D eigenvalue weighted by Gasteiger charge is -2.32. The normalized spacial score (nSPS) is 29.6. The van der Waals surface area contributed by atoms with Gasteiger partial charge in [0.25, 0.3) is 0 Å². The summed E-state index contributed by atoms with van der Waals surface area (Å²) in [5.41, 5.74) is 1.17. The van der Waals surface area contributed by atoms with Gasteiger partial charge in [0, 0.05) is 12.6 Å². The molecule has 0 aromatic heterocycles. The van der Waals surface area contributed by atoms with Crippen molar-refractivity contribution in [3.63, 3.8) is 0 Å². The zero-order chi connectivity index (χ0) is 14.7. The van der Waals surface area contributed by atoms with Gasteiger partial charge in [0.05, 0.1) is 0 Å². The number of nitrogens with zero attached hydrogens (tertiary/aromatic N) is 1. The molecule has 0 bridgehead atoms. The summed E-state index contributed by atoms with van der Waals surface area (Å²) in [7, 11) is 0. The van der Waals surface area contributed by atoms with Crippen LogP contribution in [0.5, 0.6) is 0 Å². The van der Waals surface area contributed by atoms with Crippen LogP contribution in [0.15, 0.2) is 36.4 Å². The van der Waals surface area contributed by atoms with Gasteiger partial charge < -0.3 is 5.11 Å². The van der Waals surface area contributed by atoms with Crippen molar-refractivity contribution in [3.05, 3.63) is 42.0 Å². The van der Waals surface area contributed by atoms with Crippen LogP contribution in [-0.4, -0.2) is 34.6 Å². The maximum absolute atomic E-state index is 11.5. The number of rotatable bonds is 4. The molecule has 1 aromatic carbocycles. The number of carbonyl (C=O) groups is 1. The van der Waals surface area contributed by atoms with Crippen molar-refractivity contribution in [2.24, 2.45) is 5.92 Å². The van der Waals surface area contributed by atoms with Gasteiger partial charge in [-0.25, -0.2) is 0 Å². The summed E-state index contributed by atoms with van der Waals surface area (Å²) in [6, 6.07) is 10.4. The Kier molecular flexibility index (Phi) is 4.39. The molecule has 0 radical (unpaired) electrons. The van der Waals surface area contributed by atoms with Crippen LogP contribution >= 0.6 is 0 Å². The summed E-state index contributed by atoms with van der Waals surface area (Å²) in [6.45, 7) is 0.743. The van der Waals surface area contributed by atoms with Gasteiger partial charge in [-0.3, -0.25) is 9.69 Å². The Hall–Kier alpha value is -1.61. The Morgan fingerprint density at radius 1 is 1.24 bits per heavy atom. The van der Waals surface area contributed by atoms with Crippen LogP contribution in [0.3, 0.4) is 0 Å². The van der Waals surface area contributed by atoms with E-state index in [4.69, 9.17) is 0 Å². The van der Waals surface area contributed by atoms with E-state index in [0.29, 0.717) is 12.0 Å². The minimum Gasteiger partial charge on any atom is -0.480 e. The fraction of sp³-hybridized carbons (Fsp3) is 0.500. The van der Waals surface area contributed by atoms with E-state index in [1.54, 1.807) is 0 Å². The number of carboxylic acids is 1. The zero-order valence-corrected chi connectivity index (χ0v) is 12.3. The summed E-state index contributed by atoms with van der Waals surface area (Å²) in [6.07, 6.45) is 9.91. The predicted octanol–water partition coefficient (Wildman–Crippen LogP) is 3.42. The molecule has 21 heavy (non-hydrogen) atoms. The topological polar surface area (TPSA) is 40.5 Å². The summed E-state index contributed by atoms with van der Waals surface area (Å²) in [5, 5.41) is 9.48. The maximum atomic E-state index is 11.5. The summed E-state index contributed by atoms with van der Waals surface area (Å²) in [5.74, 6) is -0.0671. The third-order valence-electron chi connectivity index (χ3n) is 4.93. The van der Waals surface area contributed by atoms with E-state index in [9.17, 15) is 9.90 Å². The molecule has 1 aromatic rings. The Balaban J connectivity index is 1.69. The monoisotopic (exact) mass is 285 g/mol. The molecular formula is C18H23NO2. The molecule has 112 valence electrons. The van der Waals surface area contributed by atoms with E-state index >= 15 is 0 Å². The van der Waals surface area contributed by atoms with Crippen LogP contribution in [0, 0.1) is 5.92 Å². The van der Waals surface area contributed by atoms with E-state index in [1.807, 2.05) is 18.2 Å². The lowest BCUT2D eigenvalue weighted by atomic mass is 9.85. The Morgan fingerprint density at radius 2 is 2.00 bits per heavy atom. The van der Waals surface area contributed by atoms with E-state index in [2.05, 4.69) is 29.2 Å². The number of hydrogen-bond acceptors (Lipinski definition) is 2. The van der Waals surface area contributed by atoms with Gasteiger partial charge in [0.1, 0.15) is 6.04 Å². The first-order valence-corrected chi connectivity index (χ1v) is 7.96. The summed E-state index contributed by atoms with van der Waals surface area (Å²) in [4.78, 5) is 13.7. The molecule has 0 amide bonds. The Labute approximate surface area is 126 Å². The average Bonchev–Trinajstić information content (AvgIpc) is 2.88. The third kappa shape index (κ3) is 3.18. The van der Waals surface area contributed by atoms with Crippen molar-refractivity contribution in [1.29, 1.82) is 0 Å². The molecular weight excluding hydrogens is 262 g/mol. The van der Waals surface area contributed by atoms with E-state index in [-0.39, 0.29) is 6.04 Å². The molecule has 3 nitrogen and oxygen atoms in total. The zero-order valence-electron chi connectivity index (χ0n) is 12.3. The van der Waals surface area contributed by atoms with Gasteiger partial charge in [0.15, 0.2) is 0 Å². The molecule has 2 aliphatic rings. The van der Waals surface area contributed by atoms with Gasteiger partial charge in [-0.15, -0.1) is 0 Å². The second kappa shape index (κ2) is 6.44. The molecule has 1 saturated heterocycles. The maximum Gasteiger partial charge on any atom is 0.320 e. The van der Waals surface area contributed by atoms with Gasteiger partial charge in [-0.2, -0.15) is 0 Å². The van der Waals surface area contributed by atoms with Gasteiger partial charge in [0.2, 0.25) is 0 Å². The minimum absolute atomic E-state index is 0.293. The lowest BCUT2D eigenvalue weighted by molar-refractivity contribution is -0.142. The molecule has 3 heteroatoms. The molecule has 1 aliphatic heterocycles. The fourth-order valence-corrected chi connectivity index (χ4v) is 3.93. The second-order valence-electron chi connectivity index (χ2n) is 6.21. The predicted molar refractivity (Wildman–Crippen MR) is 84.0 cm³/mol. The molecule has 0 spiro atoms. The highest BCUT2D eigenvalue weighted by Crippen LogP contribution is 2.39. The highest BCUT2D eigenvalue weighted by atomic mass is 16.4. The number of aliphatic carboxylic acids is 1. The summed E-state index contributed by atoms with van der Waals surface area (Å²) >= 11 is 0. The molecule has 1 heterocycles. The summed E-state index contributed by atoms with van der Waals surface area (Å²) < 4.78 is 0. The number of likely N-dealkylation sites (tertiary alicyclic amines) is 1. The van der Waals surface area contributed by atoms with Crippen LogP contribution in [0.2, 0.25) is 0 Å². The van der Waals surface area contributed by atoms with E-state index < -0.39 is 5.97 Å². The molecule has 2 fully saturated rings. The molecule has 1 N–H and O–H groups in total. The fourth-order valence-electron chi connectivity index (χ4n) is 3.93. The molecule has 1 aliphatic carbocycles. The van der Waals surface area contributed by atoms with Crippen molar-refractivity contribution < 1.29 is 9.90 Å². The van der Waals surface area contributed by atoms with Crippen LogP contribution in [-0.2, 0) is 4.79 Å². The number of fused-ring (bicyclic) bond motifs is 1. The largest absolute Gasteiger partial charge is 0.480 e. The van der Waals surface area contributed by atoms with Crippen molar-refractivity contribution in [2.75, 3.05) is 6.54 Å². The van der Waals surface area contributed by atoms with Gasteiger partial charge in [-0.05, 0) is 30.7 Å². The van der Waals surface area contributed by atoms with Crippen molar-refractivity contribution in [1.82, 2.24) is 4.90 Å². The third-order valence-corrected chi connectivity index (χ3v) is 4.93.